The van der Waals surface area contributed by atoms with Crippen LogP contribution in [0.5, 0.6) is 0 Å². The van der Waals surface area contributed by atoms with Gasteiger partial charge in [0.15, 0.2) is 0 Å². The molecule has 0 heterocycles. The molecule has 0 rings (SSSR count). The van der Waals surface area contributed by atoms with Gasteiger partial charge in [-0.2, -0.15) is 0 Å². The molecule has 0 fully saturated rings. The minimum atomic E-state index is -3.25. The van der Waals surface area contributed by atoms with Crippen LogP contribution >= 0.6 is 0 Å². The minimum absolute atomic E-state index is 3.16. The quantitative estimate of drug-likeness (QED) is 0.289. The zero-order chi connectivity index (χ0) is 7.28. The number of hydrogen-bond acceptors (Lipinski definition) is 7. The summed E-state index contributed by atoms with van der Waals surface area (Å²) in [4.78, 5) is 0. The predicted octanol–water partition coefficient (Wildman–Crippen LogP) is -2.08. The monoisotopic (exact) mass is 178 g/mol. The van der Waals surface area contributed by atoms with Gasteiger partial charge >= 0.3 is 0 Å². The molecule has 7 nitrogen and oxygen atoms in total. The van der Waals surface area contributed by atoms with Gasteiger partial charge in [0.2, 0.25) is 0 Å². The third kappa shape index (κ3) is 7.78. The highest BCUT2D eigenvalue weighted by Crippen LogP contribution is 1.78. The summed E-state index contributed by atoms with van der Waals surface area (Å²) in [5.41, 5.74) is 0. The Morgan fingerprint density at radius 3 is 1.33 bits per heavy atom. The van der Waals surface area contributed by atoms with Gasteiger partial charge in [-0.05, 0) is 5.04 Å². The fourth-order valence-electron chi connectivity index (χ4n) is 0.0633. The van der Waals surface area contributed by atoms with Crippen molar-refractivity contribution >= 4 is 22.0 Å². The lowest BCUT2D eigenvalue weighted by atomic mass is 14.6. The van der Waals surface area contributed by atoms with Gasteiger partial charge in [-0.15, -0.1) is 0 Å². The Morgan fingerprint density at radius 1 is 0.778 bits per heavy atom. The van der Waals surface area contributed by atoms with E-state index in [0.717, 1.165) is 0 Å². The van der Waals surface area contributed by atoms with E-state index in [1.54, 1.807) is 0 Å². The van der Waals surface area contributed by atoms with Crippen molar-refractivity contribution in [1.82, 2.24) is 0 Å². The van der Waals surface area contributed by atoms with E-state index in [4.69, 9.17) is 0 Å². The van der Waals surface area contributed by atoms with Crippen molar-refractivity contribution in [2.75, 3.05) is 0 Å². The summed E-state index contributed by atoms with van der Waals surface area (Å²) in [7, 11) is -6.49. The van der Waals surface area contributed by atoms with Gasteiger partial charge in [0.25, 0.3) is 22.0 Å². The van der Waals surface area contributed by atoms with Crippen molar-refractivity contribution in [3.63, 3.8) is 0 Å². The molecular formula is H2O7S2. The topological polar surface area (TPSA) is 96.0 Å². The highest BCUT2D eigenvalue weighted by molar-refractivity contribution is 7.67. The maximum absolute atomic E-state index is 9.39. The molecule has 0 aliphatic carbocycles. The Balaban J connectivity index is 3.31. The van der Waals surface area contributed by atoms with Crippen molar-refractivity contribution in [1.29, 1.82) is 0 Å². The lowest BCUT2D eigenvalue weighted by Gasteiger charge is -1.84. The van der Waals surface area contributed by atoms with E-state index in [1.165, 1.54) is 0 Å². The van der Waals surface area contributed by atoms with Gasteiger partial charge in [0, 0.05) is 0 Å². The first kappa shape index (κ1) is 8.78. The van der Waals surface area contributed by atoms with Crippen LogP contribution in [0.2, 0.25) is 0 Å². The average Bonchev–Trinajstić information content (AvgIpc) is 1.63. The van der Waals surface area contributed by atoms with Crippen LogP contribution in [0.4, 0.5) is 0 Å². The summed E-state index contributed by atoms with van der Waals surface area (Å²) in [5, 5.41) is 3.16. The maximum Gasteiger partial charge on any atom is 0.286 e. The third-order valence-electron chi connectivity index (χ3n) is 0.183. The number of thiol groups is 2. The van der Waals surface area contributed by atoms with E-state index >= 15 is 0 Å². The van der Waals surface area contributed by atoms with E-state index in [2.05, 4.69) is 13.7 Å². The van der Waals surface area contributed by atoms with Gasteiger partial charge in [-0.1, -0.05) is 8.67 Å². The molecule has 0 unspecified atom stereocenters. The molecule has 0 aliphatic heterocycles. The van der Waals surface area contributed by atoms with Gasteiger partial charge in [-0.25, -0.2) is 16.8 Å². The summed E-state index contributed by atoms with van der Waals surface area (Å²) in [5.74, 6) is 0. The van der Waals surface area contributed by atoms with Crippen LogP contribution in [0, 0.1) is 0 Å². The second kappa shape index (κ2) is 4.64. The molecule has 0 N–H and O–H groups in total. The highest BCUT2D eigenvalue weighted by atomic mass is 32.2. The molecule has 0 radical (unpaired) electrons. The maximum atomic E-state index is 9.39. The van der Waals surface area contributed by atoms with E-state index in [-0.39, 0.29) is 0 Å². The van der Waals surface area contributed by atoms with Gasteiger partial charge < -0.3 is 0 Å². The average molecular weight is 178 g/mol. The van der Waals surface area contributed by atoms with Crippen LogP contribution in [-0.4, -0.2) is 16.8 Å². The van der Waals surface area contributed by atoms with Crippen LogP contribution in [0.15, 0.2) is 0 Å². The Labute approximate surface area is 53.3 Å². The van der Waals surface area contributed by atoms with Crippen molar-refractivity contribution < 1.29 is 30.5 Å². The van der Waals surface area contributed by atoms with Gasteiger partial charge in [0.1, 0.15) is 0 Å². The molecule has 0 aliphatic rings. The number of rotatable bonds is 4. The molecule has 9 heteroatoms. The van der Waals surface area contributed by atoms with Crippen molar-refractivity contribution in [2.24, 2.45) is 0 Å². The number of hydrogen-bond donors (Lipinski definition) is 2. The molecule has 0 spiro atoms. The summed E-state index contributed by atoms with van der Waals surface area (Å²) in [6, 6.07) is 0. The smallest absolute Gasteiger partial charge is 0.200 e. The SMILES string of the molecule is O=[SH](=O)OOO[SH](=O)=O. The lowest BCUT2D eigenvalue weighted by molar-refractivity contribution is -0.403. The van der Waals surface area contributed by atoms with E-state index in [1.807, 2.05) is 0 Å². The van der Waals surface area contributed by atoms with E-state index in [9.17, 15) is 16.8 Å². The Bertz CT molecular complexity index is 157. The molecule has 0 aromatic carbocycles. The fraction of sp³-hybridized carbons (Fsp3) is 0. The first-order valence-corrected chi connectivity index (χ1v) is 3.62. The first-order chi connectivity index (χ1) is 4.13. The zero-order valence-electron chi connectivity index (χ0n) is 3.75. The predicted molar refractivity (Wildman–Crippen MR) is 23.9 cm³/mol. The van der Waals surface area contributed by atoms with E-state index in [0.29, 0.717) is 0 Å². The fourth-order valence-corrected chi connectivity index (χ4v) is 0.272. The zero-order valence-corrected chi connectivity index (χ0v) is 5.54. The lowest BCUT2D eigenvalue weighted by Crippen LogP contribution is -1.92. The largest absolute Gasteiger partial charge is 0.286 e. The summed E-state index contributed by atoms with van der Waals surface area (Å²) in [6.07, 6.45) is 0. The molecule has 0 aromatic rings. The van der Waals surface area contributed by atoms with E-state index < -0.39 is 22.0 Å². The standard InChI is InChI=1S/H2O7S2/c1-8(2)6-5-7-9(3)4/h8-9H. The molecular weight excluding hydrogens is 176 g/mol. The second-order valence-corrected chi connectivity index (χ2v) is 1.86. The molecule has 0 bridgehead atoms. The second-order valence-electron chi connectivity index (χ2n) is 0.664. The van der Waals surface area contributed by atoms with Crippen molar-refractivity contribution in [3.05, 3.63) is 0 Å². The Kier molecular flexibility index (Phi) is 4.53. The minimum Gasteiger partial charge on any atom is -0.200 e. The molecule has 0 atom stereocenters. The van der Waals surface area contributed by atoms with Crippen LogP contribution in [0.25, 0.3) is 0 Å². The van der Waals surface area contributed by atoms with Crippen LogP contribution in [-0.2, 0) is 35.7 Å². The molecule has 0 aromatic heterocycles. The van der Waals surface area contributed by atoms with Gasteiger partial charge in [0.05, 0.1) is 0 Å². The summed E-state index contributed by atoms with van der Waals surface area (Å²) in [6.45, 7) is 0. The van der Waals surface area contributed by atoms with Crippen LogP contribution < -0.4 is 0 Å². The molecule has 56 valence electrons. The third-order valence-corrected chi connectivity index (χ3v) is 0.548. The van der Waals surface area contributed by atoms with Gasteiger partial charge in [-0.3, -0.25) is 0 Å². The van der Waals surface area contributed by atoms with Crippen molar-refractivity contribution in [3.8, 4) is 0 Å². The highest BCUT2D eigenvalue weighted by Gasteiger charge is 1.88. The molecule has 0 saturated heterocycles. The molecule has 9 heavy (non-hydrogen) atoms. The Hall–Kier alpha value is -0.220. The van der Waals surface area contributed by atoms with Crippen LogP contribution in [0.1, 0.15) is 0 Å². The van der Waals surface area contributed by atoms with Crippen LogP contribution in [0.3, 0.4) is 0 Å². The summed E-state index contributed by atoms with van der Waals surface area (Å²) < 4.78 is 44.0. The molecule has 0 amide bonds. The van der Waals surface area contributed by atoms with Crippen molar-refractivity contribution in [2.45, 2.75) is 0 Å². The first-order valence-electron chi connectivity index (χ1n) is 1.43. The Morgan fingerprint density at radius 2 is 1.11 bits per heavy atom. The summed E-state index contributed by atoms with van der Waals surface area (Å²) >= 11 is 0. The normalized spacial score (nSPS) is 10.9. The molecule has 0 saturated carbocycles.